The molecule has 0 aliphatic rings. The SMILES string of the molecule is CCC(CC)(CN)NC(=O)c1cccnc1OC. The molecule has 0 aliphatic carbocycles. The number of nitrogens with zero attached hydrogens (tertiary/aromatic N) is 1. The Morgan fingerprint density at radius 3 is 2.67 bits per heavy atom. The largest absolute Gasteiger partial charge is 0.480 e. The van der Waals surface area contributed by atoms with E-state index >= 15 is 0 Å². The lowest BCUT2D eigenvalue weighted by molar-refractivity contribution is 0.0891. The van der Waals surface area contributed by atoms with Gasteiger partial charge >= 0.3 is 0 Å². The van der Waals surface area contributed by atoms with Crippen LogP contribution in [0.4, 0.5) is 0 Å². The Hall–Kier alpha value is -1.62. The van der Waals surface area contributed by atoms with Gasteiger partial charge in [-0.1, -0.05) is 13.8 Å². The van der Waals surface area contributed by atoms with Gasteiger partial charge in [0, 0.05) is 12.7 Å². The molecule has 1 amide bonds. The predicted octanol–water partition coefficient (Wildman–Crippen LogP) is 1.34. The highest BCUT2D eigenvalue weighted by Crippen LogP contribution is 2.18. The molecule has 18 heavy (non-hydrogen) atoms. The van der Waals surface area contributed by atoms with E-state index in [1.165, 1.54) is 7.11 Å². The quantitative estimate of drug-likeness (QED) is 0.799. The second kappa shape index (κ2) is 6.35. The van der Waals surface area contributed by atoms with E-state index in [9.17, 15) is 4.79 Å². The molecule has 0 bridgehead atoms. The van der Waals surface area contributed by atoms with Crippen molar-refractivity contribution in [3.63, 3.8) is 0 Å². The lowest BCUT2D eigenvalue weighted by Gasteiger charge is -2.31. The summed E-state index contributed by atoms with van der Waals surface area (Å²) in [5, 5.41) is 2.99. The molecule has 0 aromatic carbocycles. The summed E-state index contributed by atoms with van der Waals surface area (Å²) >= 11 is 0. The summed E-state index contributed by atoms with van der Waals surface area (Å²) in [6, 6.07) is 3.40. The number of amides is 1. The normalized spacial score (nSPS) is 11.1. The van der Waals surface area contributed by atoms with E-state index in [4.69, 9.17) is 10.5 Å². The summed E-state index contributed by atoms with van der Waals surface area (Å²) in [4.78, 5) is 16.2. The molecule has 1 heterocycles. The van der Waals surface area contributed by atoms with Crippen LogP contribution in [0.2, 0.25) is 0 Å². The predicted molar refractivity (Wildman–Crippen MR) is 70.6 cm³/mol. The summed E-state index contributed by atoms with van der Waals surface area (Å²) in [5.41, 5.74) is 5.83. The van der Waals surface area contributed by atoms with Gasteiger partial charge in [0.15, 0.2) is 0 Å². The molecule has 0 unspecified atom stereocenters. The van der Waals surface area contributed by atoms with Gasteiger partial charge < -0.3 is 15.8 Å². The Morgan fingerprint density at radius 2 is 2.17 bits per heavy atom. The Labute approximate surface area is 108 Å². The van der Waals surface area contributed by atoms with Crippen LogP contribution in [0.5, 0.6) is 5.88 Å². The van der Waals surface area contributed by atoms with Gasteiger partial charge in [-0.05, 0) is 25.0 Å². The maximum absolute atomic E-state index is 12.2. The van der Waals surface area contributed by atoms with Gasteiger partial charge in [-0.25, -0.2) is 4.98 Å². The number of methoxy groups -OCH3 is 1. The average molecular weight is 251 g/mol. The van der Waals surface area contributed by atoms with Crippen LogP contribution in [-0.4, -0.2) is 30.1 Å². The van der Waals surface area contributed by atoms with E-state index in [0.29, 0.717) is 18.0 Å². The molecule has 5 heteroatoms. The van der Waals surface area contributed by atoms with Crippen molar-refractivity contribution in [1.82, 2.24) is 10.3 Å². The minimum Gasteiger partial charge on any atom is -0.480 e. The third-order valence-corrected chi connectivity index (χ3v) is 3.33. The van der Waals surface area contributed by atoms with Crippen LogP contribution in [0.3, 0.4) is 0 Å². The molecule has 0 saturated heterocycles. The van der Waals surface area contributed by atoms with Gasteiger partial charge in [0.2, 0.25) is 5.88 Å². The topological polar surface area (TPSA) is 77.2 Å². The van der Waals surface area contributed by atoms with Gasteiger partial charge in [0.1, 0.15) is 5.56 Å². The number of hydrogen-bond acceptors (Lipinski definition) is 4. The number of nitrogens with two attached hydrogens (primary N) is 1. The van der Waals surface area contributed by atoms with Crippen molar-refractivity contribution in [3.05, 3.63) is 23.9 Å². The maximum Gasteiger partial charge on any atom is 0.257 e. The monoisotopic (exact) mass is 251 g/mol. The molecule has 0 saturated carbocycles. The first-order valence-electron chi connectivity index (χ1n) is 6.14. The minimum absolute atomic E-state index is 0.200. The molecular weight excluding hydrogens is 230 g/mol. The van der Waals surface area contributed by atoms with Gasteiger partial charge in [0.05, 0.1) is 12.6 Å². The second-order valence-corrected chi connectivity index (χ2v) is 4.21. The fraction of sp³-hybridized carbons (Fsp3) is 0.538. The first-order valence-corrected chi connectivity index (χ1v) is 6.14. The van der Waals surface area contributed by atoms with E-state index in [1.807, 2.05) is 13.8 Å². The minimum atomic E-state index is -0.363. The lowest BCUT2D eigenvalue weighted by atomic mass is 9.92. The van der Waals surface area contributed by atoms with Crippen LogP contribution in [-0.2, 0) is 0 Å². The number of hydrogen-bond donors (Lipinski definition) is 2. The zero-order valence-electron chi connectivity index (χ0n) is 11.2. The van der Waals surface area contributed by atoms with Crippen molar-refractivity contribution >= 4 is 5.91 Å². The van der Waals surface area contributed by atoms with Crippen LogP contribution in [0.15, 0.2) is 18.3 Å². The van der Waals surface area contributed by atoms with Crippen molar-refractivity contribution < 1.29 is 9.53 Å². The molecule has 5 nitrogen and oxygen atoms in total. The second-order valence-electron chi connectivity index (χ2n) is 4.21. The highest BCUT2D eigenvalue weighted by Gasteiger charge is 2.27. The van der Waals surface area contributed by atoms with E-state index in [1.54, 1.807) is 18.3 Å². The highest BCUT2D eigenvalue weighted by atomic mass is 16.5. The first-order chi connectivity index (χ1) is 8.62. The summed E-state index contributed by atoms with van der Waals surface area (Å²) in [6.07, 6.45) is 3.16. The Balaban J connectivity index is 2.94. The smallest absolute Gasteiger partial charge is 0.257 e. The molecule has 100 valence electrons. The third-order valence-electron chi connectivity index (χ3n) is 3.33. The first kappa shape index (κ1) is 14.4. The molecule has 3 N–H and O–H groups in total. The zero-order chi connectivity index (χ0) is 13.6. The number of ether oxygens (including phenoxy) is 1. The fourth-order valence-corrected chi connectivity index (χ4v) is 1.80. The van der Waals surface area contributed by atoms with Crippen molar-refractivity contribution in [2.45, 2.75) is 32.2 Å². The van der Waals surface area contributed by atoms with Gasteiger partial charge in [-0.15, -0.1) is 0 Å². The number of carbonyl (C=O) groups is 1. The number of rotatable bonds is 6. The zero-order valence-corrected chi connectivity index (χ0v) is 11.2. The average Bonchev–Trinajstić information content (AvgIpc) is 2.44. The summed E-state index contributed by atoms with van der Waals surface area (Å²) < 4.78 is 5.08. The van der Waals surface area contributed by atoms with Crippen molar-refractivity contribution in [2.24, 2.45) is 5.73 Å². The van der Waals surface area contributed by atoms with Crippen LogP contribution in [0.1, 0.15) is 37.0 Å². The van der Waals surface area contributed by atoms with Crippen LogP contribution < -0.4 is 15.8 Å². The van der Waals surface area contributed by atoms with E-state index < -0.39 is 0 Å². The fourth-order valence-electron chi connectivity index (χ4n) is 1.80. The third kappa shape index (κ3) is 2.98. The maximum atomic E-state index is 12.2. The Kier molecular flexibility index (Phi) is 5.09. The number of carbonyl (C=O) groups excluding carboxylic acids is 1. The molecule has 0 fully saturated rings. The van der Waals surface area contributed by atoms with Crippen molar-refractivity contribution in [1.29, 1.82) is 0 Å². The van der Waals surface area contributed by atoms with Gasteiger partial charge in [-0.2, -0.15) is 0 Å². The van der Waals surface area contributed by atoms with Gasteiger partial charge in [0.25, 0.3) is 5.91 Å². The van der Waals surface area contributed by atoms with Crippen LogP contribution in [0.25, 0.3) is 0 Å². The number of aromatic nitrogens is 1. The summed E-state index contributed by atoms with van der Waals surface area (Å²) in [5.74, 6) is 0.127. The lowest BCUT2D eigenvalue weighted by Crippen LogP contribution is -2.52. The molecule has 1 aromatic rings. The number of nitrogens with one attached hydrogen (secondary N) is 1. The van der Waals surface area contributed by atoms with Crippen molar-refractivity contribution in [2.75, 3.05) is 13.7 Å². The summed E-state index contributed by atoms with van der Waals surface area (Å²) in [7, 11) is 1.49. The van der Waals surface area contributed by atoms with Crippen molar-refractivity contribution in [3.8, 4) is 5.88 Å². The van der Waals surface area contributed by atoms with Gasteiger partial charge in [-0.3, -0.25) is 4.79 Å². The Bertz CT molecular complexity index is 395. The molecular formula is C13H21N3O2. The number of pyridine rings is 1. The molecule has 0 aliphatic heterocycles. The van der Waals surface area contributed by atoms with Crippen LogP contribution >= 0.6 is 0 Å². The summed E-state index contributed by atoms with van der Waals surface area (Å²) in [6.45, 7) is 4.43. The molecule has 0 radical (unpaired) electrons. The molecule has 0 spiro atoms. The van der Waals surface area contributed by atoms with E-state index in [0.717, 1.165) is 12.8 Å². The van der Waals surface area contributed by atoms with E-state index in [-0.39, 0.29) is 11.4 Å². The highest BCUT2D eigenvalue weighted by molar-refractivity contribution is 5.96. The molecule has 1 aromatic heterocycles. The molecule has 0 atom stereocenters. The van der Waals surface area contributed by atoms with E-state index in [2.05, 4.69) is 10.3 Å². The van der Waals surface area contributed by atoms with Crippen LogP contribution in [0, 0.1) is 0 Å². The standard InChI is InChI=1S/C13H21N3O2/c1-4-13(5-2,9-14)16-11(17)10-7-6-8-15-12(10)18-3/h6-8H,4-5,9,14H2,1-3H3,(H,16,17). The Morgan fingerprint density at radius 1 is 1.50 bits per heavy atom. The molecule has 1 rings (SSSR count).